The van der Waals surface area contributed by atoms with Gasteiger partial charge in [0, 0.05) is 0 Å². The maximum absolute atomic E-state index is 5.37. The molecule has 0 spiro atoms. The molecule has 0 unspecified atom stereocenters. The standard InChI is InChI=1S/C2HBr2Cl3/c3-1(5)2(4,6)7/h1H/t1-/m0/s1. The molecule has 0 nitrogen and oxygen atoms in total. The summed E-state index contributed by atoms with van der Waals surface area (Å²) in [5.41, 5.74) is 0. The van der Waals surface area contributed by atoms with Crippen molar-refractivity contribution >= 4 is 66.7 Å². The maximum Gasteiger partial charge on any atom is 0.198 e. The van der Waals surface area contributed by atoms with Gasteiger partial charge in [0.2, 0.25) is 0 Å². The van der Waals surface area contributed by atoms with E-state index in [1.807, 2.05) is 0 Å². The van der Waals surface area contributed by atoms with Crippen LogP contribution in [-0.2, 0) is 0 Å². The van der Waals surface area contributed by atoms with E-state index >= 15 is 0 Å². The number of rotatable bonds is 1. The summed E-state index contributed by atoms with van der Waals surface area (Å²) in [7, 11) is 0. The topological polar surface area (TPSA) is 0 Å². The SMILES string of the molecule is Cl[C@H](Br)C(Cl)(Cl)Br. The Morgan fingerprint density at radius 3 is 1.57 bits per heavy atom. The second-order valence-electron chi connectivity index (χ2n) is 0.842. The van der Waals surface area contributed by atoms with E-state index < -0.39 is 7.53 Å². The summed E-state index contributed by atoms with van der Waals surface area (Å²) in [6, 6.07) is 0. The first-order chi connectivity index (χ1) is 2.94. The number of halogens is 5. The molecule has 0 aliphatic rings. The van der Waals surface area contributed by atoms with Crippen LogP contribution in [0.15, 0.2) is 0 Å². The van der Waals surface area contributed by atoms with Crippen LogP contribution in [0.1, 0.15) is 0 Å². The molecule has 0 radical (unpaired) electrons. The molecule has 0 aromatic carbocycles. The molecule has 1 atom stereocenters. The second-order valence-corrected chi connectivity index (χ2v) is 6.27. The molecule has 0 heterocycles. The lowest BCUT2D eigenvalue weighted by Crippen LogP contribution is -2.10. The Morgan fingerprint density at radius 1 is 1.43 bits per heavy atom. The lowest BCUT2D eigenvalue weighted by Gasteiger charge is -2.10. The summed E-state index contributed by atoms with van der Waals surface area (Å²) in [5, 5.41) is 0. The zero-order valence-electron chi connectivity index (χ0n) is 2.97. The monoisotopic (exact) mass is 288 g/mol. The maximum atomic E-state index is 5.37. The molecule has 0 saturated heterocycles. The van der Waals surface area contributed by atoms with Crippen molar-refractivity contribution < 1.29 is 0 Å². The molecule has 0 aliphatic carbocycles. The van der Waals surface area contributed by atoms with Gasteiger partial charge in [0.05, 0.1) is 0 Å². The molecule has 0 fully saturated rings. The van der Waals surface area contributed by atoms with Crippen molar-refractivity contribution in [2.45, 2.75) is 7.53 Å². The smallest absolute Gasteiger partial charge is 0.106 e. The summed E-state index contributed by atoms with van der Waals surface area (Å²) in [6.45, 7) is 0. The average Bonchev–Trinajstić information content (AvgIpc) is 1.31. The van der Waals surface area contributed by atoms with Crippen LogP contribution >= 0.6 is 66.7 Å². The van der Waals surface area contributed by atoms with Crippen molar-refractivity contribution in [1.82, 2.24) is 0 Å². The summed E-state index contributed by atoms with van der Waals surface area (Å²) in [5.74, 6) is 0. The van der Waals surface area contributed by atoms with Gasteiger partial charge in [0.25, 0.3) is 0 Å². The number of hydrogen-bond donors (Lipinski definition) is 0. The average molecular weight is 291 g/mol. The molecular weight excluding hydrogens is 290 g/mol. The highest BCUT2D eigenvalue weighted by Crippen LogP contribution is 2.38. The third-order valence-corrected chi connectivity index (χ3v) is 3.78. The van der Waals surface area contributed by atoms with Crippen LogP contribution in [-0.4, -0.2) is 7.53 Å². The Morgan fingerprint density at radius 2 is 1.57 bits per heavy atom. The van der Waals surface area contributed by atoms with Gasteiger partial charge in [0.1, 0.15) is 4.29 Å². The Balaban J connectivity index is 3.54. The first-order valence-corrected chi connectivity index (χ1v) is 4.19. The molecule has 0 saturated carbocycles. The molecule has 5 heteroatoms. The van der Waals surface area contributed by atoms with Crippen LogP contribution in [0.3, 0.4) is 0 Å². The van der Waals surface area contributed by atoms with Gasteiger partial charge in [-0.1, -0.05) is 39.1 Å². The predicted octanol–water partition coefficient (Wildman–Crippen LogP) is 3.47. The molecular formula is C2HBr2Cl3. The minimum Gasteiger partial charge on any atom is -0.106 e. The van der Waals surface area contributed by atoms with E-state index in [9.17, 15) is 0 Å². The number of alkyl halides is 5. The summed E-state index contributed by atoms with van der Waals surface area (Å²) in [6.07, 6.45) is 0. The third kappa shape index (κ3) is 4.34. The highest BCUT2D eigenvalue weighted by molar-refractivity contribution is 9.13. The molecule has 0 rings (SSSR count). The molecule has 44 valence electrons. The highest BCUT2D eigenvalue weighted by Gasteiger charge is 2.27. The van der Waals surface area contributed by atoms with E-state index in [-0.39, 0.29) is 0 Å². The van der Waals surface area contributed by atoms with E-state index in [2.05, 4.69) is 31.9 Å². The minimum absolute atomic E-state index is 0.469. The molecule has 0 amide bonds. The van der Waals surface area contributed by atoms with Gasteiger partial charge in [0.15, 0.2) is 3.24 Å². The van der Waals surface area contributed by atoms with Gasteiger partial charge >= 0.3 is 0 Å². The molecule has 0 N–H and O–H groups in total. The minimum atomic E-state index is -1.06. The fraction of sp³-hybridized carbons (Fsp3) is 1.00. The Hall–Kier alpha value is 1.83. The van der Waals surface area contributed by atoms with Crippen molar-refractivity contribution in [1.29, 1.82) is 0 Å². The van der Waals surface area contributed by atoms with Crippen LogP contribution in [0.4, 0.5) is 0 Å². The fourth-order valence-electron chi connectivity index (χ4n) is 0. The van der Waals surface area contributed by atoms with Gasteiger partial charge in [-0.2, -0.15) is 0 Å². The number of hydrogen-bond acceptors (Lipinski definition) is 0. The van der Waals surface area contributed by atoms with E-state index in [0.29, 0.717) is 0 Å². The van der Waals surface area contributed by atoms with Crippen LogP contribution in [0.2, 0.25) is 0 Å². The van der Waals surface area contributed by atoms with Crippen molar-refractivity contribution in [2.24, 2.45) is 0 Å². The van der Waals surface area contributed by atoms with Crippen molar-refractivity contribution in [3.05, 3.63) is 0 Å². The molecule has 0 aliphatic heterocycles. The summed E-state index contributed by atoms with van der Waals surface area (Å²) < 4.78 is -1.53. The van der Waals surface area contributed by atoms with E-state index in [4.69, 9.17) is 34.8 Å². The van der Waals surface area contributed by atoms with Crippen LogP contribution in [0, 0.1) is 0 Å². The van der Waals surface area contributed by atoms with Gasteiger partial charge in [-0.25, -0.2) is 0 Å². The Kier molecular flexibility index (Phi) is 3.93. The van der Waals surface area contributed by atoms with Crippen LogP contribution < -0.4 is 0 Å². The van der Waals surface area contributed by atoms with Gasteiger partial charge in [-0.05, 0) is 15.9 Å². The normalized spacial score (nSPS) is 16.7. The largest absolute Gasteiger partial charge is 0.198 e. The van der Waals surface area contributed by atoms with Crippen LogP contribution in [0.5, 0.6) is 0 Å². The van der Waals surface area contributed by atoms with Crippen molar-refractivity contribution in [3.63, 3.8) is 0 Å². The van der Waals surface area contributed by atoms with Crippen LogP contribution in [0.25, 0.3) is 0 Å². The first kappa shape index (κ1) is 8.83. The predicted molar refractivity (Wildman–Crippen MR) is 41.9 cm³/mol. The zero-order chi connectivity index (χ0) is 6.08. The summed E-state index contributed by atoms with van der Waals surface area (Å²) >= 11 is 21.9. The van der Waals surface area contributed by atoms with Crippen molar-refractivity contribution in [2.75, 3.05) is 0 Å². The third-order valence-electron chi connectivity index (χ3n) is 0.247. The molecule has 0 aromatic heterocycles. The Bertz CT molecular complexity index is 56.4. The van der Waals surface area contributed by atoms with Gasteiger partial charge < -0.3 is 0 Å². The Labute approximate surface area is 73.7 Å². The van der Waals surface area contributed by atoms with Gasteiger partial charge in [-0.15, -0.1) is 11.6 Å². The first-order valence-electron chi connectivity index (χ1n) is 1.29. The van der Waals surface area contributed by atoms with E-state index in [1.54, 1.807) is 0 Å². The lowest BCUT2D eigenvalue weighted by atomic mass is 10.9. The van der Waals surface area contributed by atoms with E-state index in [1.165, 1.54) is 0 Å². The fourth-order valence-corrected chi connectivity index (χ4v) is 0. The zero-order valence-corrected chi connectivity index (χ0v) is 8.41. The molecule has 0 aromatic rings. The molecule has 0 bridgehead atoms. The summed E-state index contributed by atoms with van der Waals surface area (Å²) in [4.78, 5) is 0. The quantitative estimate of drug-likeness (QED) is 0.649. The molecule has 7 heavy (non-hydrogen) atoms. The van der Waals surface area contributed by atoms with Crippen molar-refractivity contribution in [3.8, 4) is 0 Å². The highest BCUT2D eigenvalue weighted by atomic mass is 79.9. The second kappa shape index (κ2) is 3.11. The van der Waals surface area contributed by atoms with Gasteiger partial charge in [-0.3, -0.25) is 0 Å². The van der Waals surface area contributed by atoms with E-state index in [0.717, 1.165) is 0 Å². The lowest BCUT2D eigenvalue weighted by molar-refractivity contribution is 1.27.